The lowest BCUT2D eigenvalue weighted by Crippen LogP contribution is -2.57. The average molecular weight is 275 g/mol. The Labute approximate surface area is 121 Å². The maximum atomic E-state index is 12.8. The van der Waals surface area contributed by atoms with E-state index in [-0.39, 0.29) is 5.91 Å². The van der Waals surface area contributed by atoms with Crippen LogP contribution in [0.25, 0.3) is 0 Å². The van der Waals surface area contributed by atoms with E-state index >= 15 is 0 Å². The molecule has 0 radical (unpaired) electrons. The summed E-state index contributed by atoms with van der Waals surface area (Å²) in [6, 6.07) is 5.96. The van der Waals surface area contributed by atoms with Gasteiger partial charge in [0.05, 0.1) is 17.8 Å². The predicted octanol–water partition coefficient (Wildman–Crippen LogP) is 2.27. The summed E-state index contributed by atoms with van der Waals surface area (Å²) < 4.78 is 0. The molecule has 0 spiro atoms. The summed E-state index contributed by atoms with van der Waals surface area (Å²) in [5, 5.41) is 3.40. The van der Waals surface area contributed by atoms with Crippen LogP contribution in [0.1, 0.15) is 44.5 Å². The molecule has 110 valence electrons. The molecule has 1 aromatic rings. The van der Waals surface area contributed by atoms with Gasteiger partial charge in [0.15, 0.2) is 0 Å². The van der Waals surface area contributed by atoms with Gasteiger partial charge in [-0.2, -0.15) is 0 Å². The highest BCUT2D eigenvalue weighted by molar-refractivity contribution is 5.86. The van der Waals surface area contributed by atoms with E-state index in [0.29, 0.717) is 13.1 Å². The third-order valence-corrected chi connectivity index (χ3v) is 4.06. The molecular formula is C16H25N3O. The van der Waals surface area contributed by atoms with E-state index in [1.54, 1.807) is 0 Å². The van der Waals surface area contributed by atoms with Crippen molar-refractivity contribution in [2.24, 2.45) is 0 Å². The minimum atomic E-state index is -0.405. The van der Waals surface area contributed by atoms with Crippen LogP contribution < -0.4 is 5.32 Å². The fourth-order valence-corrected chi connectivity index (χ4v) is 2.80. The smallest absolute Gasteiger partial charge is 0.242 e. The van der Waals surface area contributed by atoms with E-state index in [1.165, 1.54) is 0 Å². The zero-order valence-corrected chi connectivity index (χ0v) is 12.8. The summed E-state index contributed by atoms with van der Waals surface area (Å²) in [4.78, 5) is 19.2. The predicted molar refractivity (Wildman–Crippen MR) is 80.3 cm³/mol. The number of pyridine rings is 1. The molecule has 1 aliphatic heterocycles. The quantitative estimate of drug-likeness (QED) is 0.917. The molecule has 1 N–H and O–H groups in total. The highest BCUT2D eigenvalue weighted by Crippen LogP contribution is 2.22. The zero-order valence-electron chi connectivity index (χ0n) is 12.8. The van der Waals surface area contributed by atoms with Crippen LogP contribution in [0.5, 0.6) is 0 Å². The Morgan fingerprint density at radius 3 is 2.85 bits per heavy atom. The molecule has 1 aliphatic rings. The van der Waals surface area contributed by atoms with Gasteiger partial charge >= 0.3 is 0 Å². The van der Waals surface area contributed by atoms with Crippen molar-refractivity contribution in [3.05, 3.63) is 29.6 Å². The average Bonchev–Trinajstić information content (AvgIpc) is 2.45. The molecule has 2 rings (SSSR count). The summed E-state index contributed by atoms with van der Waals surface area (Å²) in [5.41, 5.74) is 1.55. The maximum Gasteiger partial charge on any atom is 0.242 e. The van der Waals surface area contributed by atoms with Gasteiger partial charge in [-0.1, -0.05) is 6.07 Å². The number of piperidine rings is 1. The molecule has 4 nitrogen and oxygen atoms in total. The van der Waals surface area contributed by atoms with Crippen LogP contribution in [-0.4, -0.2) is 34.4 Å². The first-order valence-electron chi connectivity index (χ1n) is 7.52. The highest BCUT2D eigenvalue weighted by atomic mass is 16.2. The summed E-state index contributed by atoms with van der Waals surface area (Å²) in [6.45, 7) is 8.27. The van der Waals surface area contributed by atoms with Gasteiger partial charge < -0.3 is 10.2 Å². The van der Waals surface area contributed by atoms with Gasteiger partial charge in [-0.25, -0.2) is 0 Å². The molecule has 1 aromatic heterocycles. The highest BCUT2D eigenvalue weighted by Gasteiger charge is 2.37. The van der Waals surface area contributed by atoms with Crippen LogP contribution in [0.2, 0.25) is 0 Å². The fraction of sp³-hybridized carbons (Fsp3) is 0.625. The number of aryl methyl sites for hydroxylation is 1. The second kappa shape index (κ2) is 6.35. The summed E-state index contributed by atoms with van der Waals surface area (Å²) >= 11 is 0. The number of hydrogen-bond acceptors (Lipinski definition) is 3. The van der Waals surface area contributed by atoms with E-state index in [2.05, 4.69) is 10.3 Å². The minimum Gasteiger partial charge on any atom is -0.335 e. The number of aromatic nitrogens is 1. The first kappa shape index (κ1) is 15.0. The molecule has 1 fully saturated rings. The molecule has 1 atom stereocenters. The lowest BCUT2D eigenvalue weighted by molar-refractivity contribution is -0.139. The molecule has 1 saturated heterocycles. The first-order valence-corrected chi connectivity index (χ1v) is 7.52. The molecule has 0 bridgehead atoms. The molecule has 0 saturated carbocycles. The van der Waals surface area contributed by atoms with Crippen LogP contribution in [0.3, 0.4) is 0 Å². The second-order valence-electron chi connectivity index (χ2n) is 5.81. The number of likely N-dealkylation sites (N-methyl/N-ethyl adjacent to an activating group) is 1. The zero-order chi connectivity index (χ0) is 14.6. The van der Waals surface area contributed by atoms with Crippen LogP contribution >= 0.6 is 0 Å². The Bertz CT molecular complexity index is 467. The minimum absolute atomic E-state index is 0.197. The monoisotopic (exact) mass is 275 g/mol. The van der Waals surface area contributed by atoms with Crippen LogP contribution in [-0.2, 0) is 11.3 Å². The summed E-state index contributed by atoms with van der Waals surface area (Å²) in [5.74, 6) is 0.197. The van der Waals surface area contributed by atoms with Gasteiger partial charge in [0.25, 0.3) is 0 Å². The van der Waals surface area contributed by atoms with Crippen molar-refractivity contribution in [1.29, 1.82) is 0 Å². The Hall–Kier alpha value is -1.42. The molecule has 1 unspecified atom stereocenters. The van der Waals surface area contributed by atoms with Crippen LogP contribution in [0.4, 0.5) is 0 Å². The van der Waals surface area contributed by atoms with Crippen LogP contribution in [0, 0.1) is 6.92 Å². The van der Waals surface area contributed by atoms with Gasteiger partial charge in [-0.3, -0.25) is 9.78 Å². The third-order valence-electron chi connectivity index (χ3n) is 4.06. The van der Waals surface area contributed by atoms with Gasteiger partial charge in [-0.05, 0) is 58.7 Å². The van der Waals surface area contributed by atoms with Crippen molar-refractivity contribution < 1.29 is 4.79 Å². The first-order chi connectivity index (χ1) is 9.55. The van der Waals surface area contributed by atoms with E-state index in [1.807, 2.05) is 43.9 Å². The van der Waals surface area contributed by atoms with E-state index < -0.39 is 5.54 Å². The molecule has 4 heteroatoms. The Kier molecular flexibility index (Phi) is 4.76. The van der Waals surface area contributed by atoms with Gasteiger partial charge in [0.1, 0.15) is 0 Å². The molecular weight excluding hydrogens is 250 g/mol. The SMILES string of the molecule is CCN(Cc1cccc(C)n1)C(=O)C1(C)CCCCN1. The molecule has 1 amide bonds. The second-order valence-corrected chi connectivity index (χ2v) is 5.81. The molecule has 0 aliphatic carbocycles. The molecule has 20 heavy (non-hydrogen) atoms. The van der Waals surface area contributed by atoms with Crippen molar-refractivity contribution in [1.82, 2.24) is 15.2 Å². The topological polar surface area (TPSA) is 45.2 Å². The standard InChI is InChI=1S/C16H25N3O/c1-4-19(12-14-9-7-8-13(2)18-14)15(20)16(3)10-5-6-11-17-16/h7-9,17H,4-6,10-12H2,1-3H3. The Morgan fingerprint density at radius 2 is 2.25 bits per heavy atom. The van der Waals surface area contributed by atoms with Crippen molar-refractivity contribution in [2.75, 3.05) is 13.1 Å². The van der Waals surface area contributed by atoms with Gasteiger partial charge in [0.2, 0.25) is 5.91 Å². The molecule has 2 heterocycles. The fourth-order valence-electron chi connectivity index (χ4n) is 2.80. The summed E-state index contributed by atoms with van der Waals surface area (Å²) in [7, 11) is 0. The van der Waals surface area contributed by atoms with Gasteiger partial charge in [-0.15, -0.1) is 0 Å². The normalized spacial score (nSPS) is 22.6. The number of amides is 1. The lowest BCUT2D eigenvalue weighted by Gasteiger charge is -2.37. The van der Waals surface area contributed by atoms with Crippen LogP contribution in [0.15, 0.2) is 18.2 Å². The number of nitrogens with one attached hydrogen (secondary N) is 1. The van der Waals surface area contributed by atoms with E-state index in [9.17, 15) is 4.79 Å². The lowest BCUT2D eigenvalue weighted by atomic mass is 9.89. The van der Waals surface area contributed by atoms with Crippen molar-refractivity contribution >= 4 is 5.91 Å². The van der Waals surface area contributed by atoms with E-state index in [4.69, 9.17) is 0 Å². The third kappa shape index (κ3) is 3.37. The number of nitrogens with zero attached hydrogens (tertiary/aromatic N) is 2. The number of carbonyl (C=O) groups excluding carboxylic acids is 1. The number of hydrogen-bond donors (Lipinski definition) is 1. The summed E-state index contributed by atoms with van der Waals surface area (Å²) in [6.07, 6.45) is 3.20. The van der Waals surface area contributed by atoms with Crippen molar-refractivity contribution in [2.45, 2.75) is 52.1 Å². The maximum absolute atomic E-state index is 12.8. The number of carbonyl (C=O) groups is 1. The largest absolute Gasteiger partial charge is 0.335 e. The Balaban J connectivity index is 2.09. The number of rotatable bonds is 4. The van der Waals surface area contributed by atoms with E-state index in [0.717, 1.165) is 37.2 Å². The van der Waals surface area contributed by atoms with Crippen molar-refractivity contribution in [3.63, 3.8) is 0 Å². The van der Waals surface area contributed by atoms with Gasteiger partial charge in [0, 0.05) is 12.2 Å². The molecule has 0 aromatic carbocycles. The Morgan fingerprint density at radius 1 is 1.45 bits per heavy atom. The van der Waals surface area contributed by atoms with Crippen molar-refractivity contribution in [3.8, 4) is 0 Å².